The molecule has 0 aromatic heterocycles. The molecule has 0 aliphatic carbocycles. The maximum Gasteiger partial charge on any atom is 0.354 e. The lowest BCUT2D eigenvalue weighted by Crippen LogP contribution is -2.52. The molecule has 0 aromatic rings. The Labute approximate surface area is 94.1 Å². The van der Waals surface area contributed by atoms with Gasteiger partial charge in [-0.25, -0.2) is 4.79 Å². The van der Waals surface area contributed by atoms with Crippen LogP contribution in [0, 0.1) is 0 Å². The van der Waals surface area contributed by atoms with E-state index in [1.54, 1.807) is 39.1 Å². The Kier molecular flexibility index (Phi) is 3.00. The first-order chi connectivity index (χ1) is 6.76. The number of hydrogen-bond donors (Lipinski definition) is 2. The van der Waals surface area contributed by atoms with Crippen molar-refractivity contribution in [2.75, 3.05) is 0 Å². The molecular weight excluding hydrogens is 216 g/mol. The van der Waals surface area contributed by atoms with Gasteiger partial charge in [-0.2, -0.15) is 0 Å². The average molecular weight is 231 g/mol. The van der Waals surface area contributed by atoms with Crippen LogP contribution in [0.1, 0.15) is 20.8 Å². The summed E-state index contributed by atoms with van der Waals surface area (Å²) in [6, 6.07) is 0. The van der Waals surface area contributed by atoms with Gasteiger partial charge < -0.3 is 15.8 Å². The van der Waals surface area contributed by atoms with E-state index >= 15 is 0 Å². The summed E-state index contributed by atoms with van der Waals surface area (Å²) in [5, 5.41) is 2.68. The zero-order chi connectivity index (χ0) is 11.7. The van der Waals surface area contributed by atoms with E-state index in [0.717, 1.165) is 0 Å². The van der Waals surface area contributed by atoms with Crippen molar-refractivity contribution in [3.8, 4) is 0 Å². The van der Waals surface area contributed by atoms with Crippen LogP contribution >= 0.6 is 11.6 Å². The quantitative estimate of drug-likeness (QED) is 0.404. The fourth-order valence-electron chi connectivity index (χ4n) is 1.04. The fraction of sp³-hybridized carbons (Fsp3) is 0.500. The largest absolute Gasteiger partial charge is 0.457 e. The van der Waals surface area contributed by atoms with Crippen molar-refractivity contribution in [3.05, 3.63) is 24.0 Å². The first kappa shape index (κ1) is 11.9. The van der Waals surface area contributed by atoms with Crippen LogP contribution < -0.4 is 11.1 Å². The van der Waals surface area contributed by atoms with Crippen molar-refractivity contribution >= 4 is 17.6 Å². The molecule has 0 aromatic carbocycles. The number of esters is 1. The minimum absolute atomic E-state index is 0.223. The van der Waals surface area contributed by atoms with Crippen molar-refractivity contribution in [2.45, 2.75) is 31.4 Å². The summed E-state index contributed by atoms with van der Waals surface area (Å²) in [5.41, 5.74) is 5.28. The van der Waals surface area contributed by atoms with Gasteiger partial charge in [-0.1, -0.05) is 11.6 Å². The van der Waals surface area contributed by atoms with Crippen molar-refractivity contribution in [1.29, 1.82) is 0 Å². The Bertz CT molecular complexity index is 331. The number of nitrogens with one attached hydrogen (secondary N) is 1. The lowest BCUT2D eigenvalue weighted by Gasteiger charge is -2.31. The molecule has 1 unspecified atom stereocenters. The van der Waals surface area contributed by atoms with Crippen LogP contribution in [0.3, 0.4) is 0 Å². The number of allylic oxidation sites excluding steroid dienone is 2. The minimum Gasteiger partial charge on any atom is -0.457 e. The fourth-order valence-corrected chi connectivity index (χ4v) is 1.20. The van der Waals surface area contributed by atoms with Crippen LogP contribution in [-0.2, 0) is 9.53 Å². The highest BCUT2D eigenvalue weighted by Crippen LogP contribution is 2.25. The van der Waals surface area contributed by atoms with Gasteiger partial charge >= 0.3 is 5.97 Å². The highest BCUT2D eigenvalue weighted by molar-refractivity contribution is 6.36. The molecule has 1 aliphatic heterocycles. The van der Waals surface area contributed by atoms with E-state index in [4.69, 9.17) is 22.1 Å². The monoisotopic (exact) mass is 230 g/mol. The third-order valence-corrected chi connectivity index (χ3v) is 2.21. The molecule has 84 valence electrons. The van der Waals surface area contributed by atoms with Gasteiger partial charge in [-0.3, -0.25) is 0 Å². The van der Waals surface area contributed by atoms with Gasteiger partial charge in [0.15, 0.2) is 0 Å². The Morgan fingerprint density at radius 1 is 1.60 bits per heavy atom. The molecule has 3 N–H and O–H groups in total. The number of halogens is 1. The molecular formula is C10H15ClN2O2. The molecule has 0 saturated heterocycles. The highest BCUT2D eigenvalue weighted by Gasteiger charge is 2.42. The zero-order valence-electron chi connectivity index (χ0n) is 9.00. The van der Waals surface area contributed by atoms with Crippen molar-refractivity contribution < 1.29 is 9.53 Å². The molecule has 4 nitrogen and oxygen atoms in total. The SMILES string of the molecule is CC(C)(C)OC(=O)C1(Cl)NC=CC=C1N. The molecule has 1 aliphatic rings. The van der Waals surface area contributed by atoms with Crippen LogP contribution in [0.2, 0.25) is 0 Å². The number of carbonyl (C=O) groups is 1. The summed E-state index contributed by atoms with van der Waals surface area (Å²) in [6.45, 7) is 5.30. The molecule has 1 rings (SSSR count). The molecule has 0 radical (unpaired) electrons. The number of carbonyl (C=O) groups excluding carboxylic acids is 1. The molecule has 0 spiro atoms. The number of nitrogens with two attached hydrogens (primary N) is 1. The summed E-state index contributed by atoms with van der Waals surface area (Å²) >= 11 is 6.05. The lowest BCUT2D eigenvalue weighted by molar-refractivity contribution is -0.157. The summed E-state index contributed by atoms with van der Waals surface area (Å²) < 4.78 is 5.16. The van der Waals surface area contributed by atoms with Crippen LogP contribution in [0.25, 0.3) is 0 Å². The van der Waals surface area contributed by atoms with Gasteiger partial charge in [0.05, 0.1) is 5.70 Å². The molecule has 15 heavy (non-hydrogen) atoms. The predicted molar refractivity (Wildman–Crippen MR) is 59.0 cm³/mol. The average Bonchev–Trinajstić information content (AvgIpc) is 2.07. The van der Waals surface area contributed by atoms with E-state index in [1.807, 2.05) is 0 Å². The zero-order valence-corrected chi connectivity index (χ0v) is 9.76. The molecule has 0 amide bonds. The van der Waals surface area contributed by atoms with Crippen molar-refractivity contribution in [2.24, 2.45) is 5.73 Å². The summed E-state index contributed by atoms with van der Waals surface area (Å²) in [4.78, 5) is 10.3. The van der Waals surface area contributed by atoms with E-state index in [0.29, 0.717) is 0 Å². The second-order valence-electron chi connectivity index (χ2n) is 4.29. The van der Waals surface area contributed by atoms with Gasteiger partial charge in [-0.05, 0) is 39.1 Å². The van der Waals surface area contributed by atoms with Crippen molar-refractivity contribution in [3.63, 3.8) is 0 Å². The second-order valence-corrected chi connectivity index (χ2v) is 4.85. The maximum absolute atomic E-state index is 11.8. The number of ether oxygens (including phenoxy) is 1. The van der Waals surface area contributed by atoms with Crippen LogP contribution in [0.4, 0.5) is 0 Å². The Morgan fingerprint density at radius 2 is 2.20 bits per heavy atom. The third kappa shape index (κ3) is 2.65. The normalized spacial score (nSPS) is 25.5. The minimum atomic E-state index is -1.48. The van der Waals surface area contributed by atoms with Crippen LogP contribution in [-0.4, -0.2) is 16.6 Å². The van der Waals surface area contributed by atoms with E-state index in [-0.39, 0.29) is 5.70 Å². The topological polar surface area (TPSA) is 64.3 Å². The standard InChI is InChI=1S/C10H15ClN2O2/c1-9(2,3)15-8(14)10(11)7(12)5-4-6-13-10/h4-6,13H,12H2,1-3H3. The smallest absolute Gasteiger partial charge is 0.354 e. The third-order valence-electron chi connectivity index (χ3n) is 1.73. The van der Waals surface area contributed by atoms with Gasteiger partial charge in [0.25, 0.3) is 5.00 Å². The van der Waals surface area contributed by atoms with Gasteiger partial charge in [0.1, 0.15) is 5.60 Å². The molecule has 0 fully saturated rings. The lowest BCUT2D eigenvalue weighted by atomic mass is 10.1. The molecule has 1 atom stereocenters. The number of alkyl halides is 1. The van der Waals surface area contributed by atoms with Crippen molar-refractivity contribution in [1.82, 2.24) is 5.32 Å². The second kappa shape index (κ2) is 3.77. The van der Waals surface area contributed by atoms with E-state index in [9.17, 15) is 4.79 Å². The van der Waals surface area contributed by atoms with E-state index in [2.05, 4.69) is 5.32 Å². The molecule has 0 bridgehead atoms. The summed E-state index contributed by atoms with van der Waals surface area (Å²) in [7, 11) is 0. The van der Waals surface area contributed by atoms with Crippen LogP contribution in [0.15, 0.2) is 24.0 Å². The maximum atomic E-state index is 11.8. The van der Waals surface area contributed by atoms with Gasteiger partial charge in [0.2, 0.25) is 0 Å². The Hall–Kier alpha value is -1.16. The van der Waals surface area contributed by atoms with Crippen LogP contribution in [0.5, 0.6) is 0 Å². The summed E-state index contributed by atoms with van der Waals surface area (Å²) in [6.07, 6.45) is 4.78. The highest BCUT2D eigenvalue weighted by atomic mass is 35.5. The number of dihydropyridines is 1. The Balaban J connectivity index is 2.84. The van der Waals surface area contributed by atoms with E-state index < -0.39 is 16.6 Å². The number of rotatable bonds is 1. The first-order valence-corrected chi connectivity index (χ1v) is 4.96. The van der Waals surface area contributed by atoms with Gasteiger partial charge in [-0.15, -0.1) is 0 Å². The summed E-state index contributed by atoms with van der Waals surface area (Å²) in [5.74, 6) is -0.602. The van der Waals surface area contributed by atoms with Gasteiger partial charge in [0, 0.05) is 0 Å². The molecule has 5 heteroatoms. The van der Waals surface area contributed by atoms with E-state index in [1.165, 1.54) is 0 Å². The predicted octanol–water partition coefficient (Wildman–Crippen LogP) is 1.22. The molecule has 1 heterocycles. The number of hydrogen-bond acceptors (Lipinski definition) is 4. The first-order valence-electron chi connectivity index (χ1n) is 4.58. The molecule has 0 saturated carbocycles. The Morgan fingerprint density at radius 3 is 2.67 bits per heavy atom.